The fourth-order valence-electron chi connectivity index (χ4n) is 2.44. The summed E-state index contributed by atoms with van der Waals surface area (Å²) in [6.07, 6.45) is 4.95. The van der Waals surface area contributed by atoms with Gasteiger partial charge in [0.1, 0.15) is 6.23 Å². The molecular formula is C11H21ClN2O3S. The van der Waals surface area contributed by atoms with E-state index in [2.05, 4.69) is 5.32 Å². The first-order valence-corrected chi connectivity index (χ1v) is 8.71. The molecule has 0 radical (unpaired) electrons. The van der Waals surface area contributed by atoms with Crippen LogP contribution < -0.4 is 5.32 Å². The topological polar surface area (TPSA) is 58.6 Å². The fraction of sp³-hybridized carbons (Fsp3) is 1.00. The van der Waals surface area contributed by atoms with E-state index in [1.54, 1.807) is 0 Å². The van der Waals surface area contributed by atoms with Crippen molar-refractivity contribution >= 4 is 21.6 Å². The lowest BCUT2D eigenvalue weighted by atomic mass is 10.1. The van der Waals surface area contributed by atoms with E-state index < -0.39 is 10.0 Å². The predicted molar refractivity (Wildman–Crippen MR) is 71.2 cm³/mol. The highest BCUT2D eigenvalue weighted by Gasteiger charge is 2.28. The summed E-state index contributed by atoms with van der Waals surface area (Å²) < 4.78 is 30.2. The van der Waals surface area contributed by atoms with Crippen LogP contribution in [-0.4, -0.2) is 56.3 Å². The number of rotatable bonds is 3. The van der Waals surface area contributed by atoms with E-state index in [0.29, 0.717) is 13.1 Å². The number of piperidine rings is 2. The molecule has 2 rings (SSSR count). The van der Waals surface area contributed by atoms with Gasteiger partial charge in [0.25, 0.3) is 0 Å². The van der Waals surface area contributed by atoms with Gasteiger partial charge in [0.2, 0.25) is 10.0 Å². The quantitative estimate of drug-likeness (QED) is 0.781. The number of hydrogen-bond donors (Lipinski definition) is 1. The predicted octanol–water partition coefficient (Wildman–Crippen LogP) is 0.744. The maximum absolute atomic E-state index is 11.4. The molecule has 2 saturated heterocycles. The average Bonchev–Trinajstić information content (AvgIpc) is 2.32. The average molecular weight is 297 g/mol. The van der Waals surface area contributed by atoms with E-state index in [9.17, 15) is 8.42 Å². The molecule has 18 heavy (non-hydrogen) atoms. The van der Waals surface area contributed by atoms with Crippen LogP contribution in [0.15, 0.2) is 0 Å². The number of halogens is 1. The summed E-state index contributed by atoms with van der Waals surface area (Å²) in [7, 11) is -3.04. The molecule has 2 aliphatic heterocycles. The Morgan fingerprint density at radius 1 is 1.22 bits per heavy atom. The number of ether oxygens (including phenoxy) is 1. The van der Waals surface area contributed by atoms with Crippen molar-refractivity contribution in [3.05, 3.63) is 0 Å². The lowest BCUT2D eigenvalue weighted by Gasteiger charge is -2.34. The van der Waals surface area contributed by atoms with E-state index in [1.165, 1.54) is 10.6 Å². The lowest BCUT2D eigenvalue weighted by Crippen LogP contribution is -2.46. The van der Waals surface area contributed by atoms with Gasteiger partial charge < -0.3 is 4.74 Å². The SMILES string of the molecule is CS(=O)(=O)N1CCC(OC2CCC(Cl)CN2)CC1. The van der Waals surface area contributed by atoms with Crippen molar-refractivity contribution in [1.82, 2.24) is 9.62 Å². The Bertz CT molecular complexity index is 360. The maximum Gasteiger partial charge on any atom is 0.211 e. The van der Waals surface area contributed by atoms with Gasteiger partial charge in [-0.05, 0) is 25.7 Å². The van der Waals surface area contributed by atoms with E-state index in [-0.39, 0.29) is 17.7 Å². The zero-order chi connectivity index (χ0) is 13.2. The zero-order valence-electron chi connectivity index (χ0n) is 10.6. The number of nitrogens with one attached hydrogen (secondary N) is 1. The molecule has 0 bridgehead atoms. The maximum atomic E-state index is 11.4. The van der Waals surface area contributed by atoms with Crippen molar-refractivity contribution in [2.24, 2.45) is 0 Å². The summed E-state index contributed by atoms with van der Waals surface area (Å²) in [5.74, 6) is 0. The molecule has 2 atom stereocenters. The largest absolute Gasteiger partial charge is 0.360 e. The summed E-state index contributed by atoms with van der Waals surface area (Å²) in [6, 6.07) is 0. The molecule has 1 N–H and O–H groups in total. The van der Waals surface area contributed by atoms with E-state index in [0.717, 1.165) is 32.2 Å². The van der Waals surface area contributed by atoms with Crippen LogP contribution in [0.5, 0.6) is 0 Å². The Labute approximate surface area is 114 Å². The Balaban J connectivity index is 1.74. The van der Waals surface area contributed by atoms with Crippen LogP contribution >= 0.6 is 11.6 Å². The van der Waals surface area contributed by atoms with E-state index >= 15 is 0 Å². The van der Waals surface area contributed by atoms with Gasteiger partial charge in [0, 0.05) is 25.0 Å². The molecule has 2 fully saturated rings. The third-order valence-corrected chi connectivity index (χ3v) is 5.21. The first-order valence-electron chi connectivity index (χ1n) is 6.43. The molecule has 0 saturated carbocycles. The molecule has 5 nitrogen and oxygen atoms in total. The van der Waals surface area contributed by atoms with Gasteiger partial charge in [-0.3, -0.25) is 5.32 Å². The molecule has 2 heterocycles. The molecule has 2 aliphatic rings. The van der Waals surface area contributed by atoms with E-state index in [1.807, 2.05) is 0 Å². The minimum atomic E-state index is -3.04. The van der Waals surface area contributed by atoms with Gasteiger partial charge in [-0.2, -0.15) is 0 Å². The highest BCUT2D eigenvalue weighted by Crippen LogP contribution is 2.20. The van der Waals surface area contributed by atoms with Crippen LogP contribution in [0.2, 0.25) is 0 Å². The molecule has 0 aromatic carbocycles. The lowest BCUT2D eigenvalue weighted by molar-refractivity contribution is -0.0594. The van der Waals surface area contributed by atoms with Crippen LogP contribution in [0.3, 0.4) is 0 Å². The van der Waals surface area contributed by atoms with Crippen LogP contribution in [0.25, 0.3) is 0 Å². The smallest absolute Gasteiger partial charge is 0.211 e. The fourth-order valence-corrected chi connectivity index (χ4v) is 3.53. The summed E-state index contributed by atoms with van der Waals surface area (Å²) in [5.41, 5.74) is 0. The minimum absolute atomic E-state index is 0.0785. The summed E-state index contributed by atoms with van der Waals surface area (Å²) in [5, 5.41) is 3.48. The van der Waals surface area contributed by atoms with Crippen molar-refractivity contribution in [1.29, 1.82) is 0 Å². The Kier molecular flexibility index (Phi) is 4.88. The highest BCUT2D eigenvalue weighted by molar-refractivity contribution is 7.88. The second-order valence-electron chi connectivity index (χ2n) is 5.07. The molecule has 7 heteroatoms. The standard InChI is InChI=1S/C11H21ClN2O3S/c1-18(15,16)14-6-4-10(5-7-14)17-11-3-2-9(12)8-13-11/h9-11,13H,2-8H2,1H3. The van der Waals surface area contributed by atoms with Gasteiger partial charge in [-0.25, -0.2) is 12.7 Å². The van der Waals surface area contributed by atoms with Gasteiger partial charge in [0.15, 0.2) is 0 Å². The molecule has 0 amide bonds. The van der Waals surface area contributed by atoms with Gasteiger partial charge in [-0.15, -0.1) is 11.6 Å². The van der Waals surface area contributed by atoms with E-state index in [4.69, 9.17) is 16.3 Å². The normalized spacial score (nSPS) is 32.6. The molecule has 2 unspecified atom stereocenters. The van der Waals surface area contributed by atoms with Crippen molar-refractivity contribution in [2.45, 2.75) is 43.4 Å². The monoisotopic (exact) mass is 296 g/mol. The van der Waals surface area contributed by atoms with Crippen LogP contribution in [-0.2, 0) is 14.8 Å². The first kappa shape index (κ1) is 14.5. The molecular weight excluding hydrogens is 276 g/mol. The second-order valence-corrected chi connectivity index (χ2v) is 7.67. The van der Waals surface area contributed by atoms with Crippen molar-refractivity contribution in [3.8, 4) is 0 Å². The van der Waals surface area contributed by atoms with Crippen LogP contribution in [0.4, 0.5) is 0 Å². The van der Waals surface area contributed by atoms with Crippen molar-refractivity contribution in [2.75, 3.05) is 25.9 Å². The highest BCUT2D eigenvalue weighted by atomic mass is 35.5. The number of sulfonamides is 1. The summed E-state index contributed by atoms with van der Waals surface area (Å²) in [4.78, 5) is 0. The van der Waals surface area contributed by atoms with Crippen molar-refractivity contribution in [3.63, 3.8) is 0 Å². The Morgan fingerprint density at radius 2 is 1.89 bits per heavy atom. The van der Waals surface area contributed by atoms with Gasteiger partial charge in [0.05, 0.1) is 12.4 Å². The van der Waals surface area contributed by atoms with Crippen LogP contribution in [0, 0.1) is 0 Å². The summed E-state index contributed by atoms with van der Waals surface area (Å²) in [6.45, 7) is 1.91. The zero-order valence-corrected chi connectivity index (χ0v) is 12.2. The molecule has 0 aromatic rings. The van der Waals surface area contributed by atoms with Gasteiger partial charge in [-0.1, -0.05) is 0 Å². The third kappa shape index (κ3) is 4.06. The van der Waals surface area contributed by atoms with Crippen molar-refractivity contribution < 1.29 is 13.2 Å². The van der Waals surface area contributed by atoms with Gasteiger partial charge >= 0.3 is 0 Å². The number of hydrogen-bond acceptors (Lipinski definition) is 4. The van der Waals surface area contributed by atoms with Crippen LogP contribution in [0.1, 0.15) is 25.7 Å². The number of alkyl halides is 1. The molecule has 0 aromatic heterocycles. The first-order chi connectivity index (χ1) is 8.45. The number of nitrogens with zero attached hydrogens (tertiary/aromatic N) is 1. The summed E-state index contributed by atoms with van der Waals surface area (Å²) >= 11 is 6.00. The molecule has 0 spiro atoms. The Morgan fingerprint density at radius 3 is 2.39 bits per heavy atom. The minimum Gasteiger partial charge on any atom is -0.360 e. The molecule has 0 aliphatic carbocycles. The Hall–Kier alpha value is 0.120. The third-order valence-electron chi connectivity index (χ3n) is 3.54. The molecule has 106 valence electrons. The second kappa shape index (κ2) is 6.05.